The SMILES string of the molecule is CN(C)c1ccc(N=Nc2ccc(N3C(=O)[C@H]4[C@H](CC=C5[C@H]4C[C@H]4C(=O)N(c6ccc(F)c(Cl)c6)C(=O)[C@@]4(C)[C@H]5c4cc(OC(F)(F)F)ccc4O)C3=O)cc2)cc1. The molecule has 6 atom stereocenters. The Labute approximate surface area is 334 Å². The first kappa shape index (κ1) is 38.8. The molecule has 3 fully saturated rings. The molecule has 0 aromatic heterocycles. The summed E-state index contributed by atoms with van der Waals surface area (Å²) < 4.78 is 58.7. The van der Waals surface area contributed by atoms with Gasteiger partial charge >= 0.3 is 6.36 Å². The van der Waals surface area contributed by atoms with Crippen LogP contribution in [0.1, 0.15) is 31.2 Å². The Balaban J connectivity index is 1.16. The molecule has 58 heavy (non-hydrogen) atoms. The van der Waals surface area contributed by atoms with Crippen molar-refractivity contribution in [3.05, 3.63) is 113 Å². The summed E-state index contributed by atoms with van der Waals surface area (Å²) in [6.07, 6.45) is -3.46. The van der Waals surface area contributed by atoms with E-state index in [-0.39, 0.29) is 34.8 Å². The van der Waals surface area contributed by atoms with E-state index in [0.717, 1.165) is 45.8 Å². The van der Waals surface area contributed by atoms with E-state index in [0.29, 0.717) is 16.9 Å². The molecule has 2 aliphatic carbocycles. The van der Waals surface area contributed by atoms with Crippen LogP contribution in [-0.2, 0) is 19.2 Å². The number of allylic oxidation sites excluding steroid dienone is 2. The van der Waals surface area contributed by atoms with Crippen LogP contribution >= 0.6 is 11.6 Å². The van der Waals surface area contributed by atoms with E-state index >= 15 is 0 Å². The zero-order chi connectivity index (χ0) is 41.4. The third-order valence-corrected chi connectivity index (χ3v) is 12.0. The number of alkyl halides is 3. The molecule has 2 saturated heterocycles. The highest BCUT2D eigenvalue weighted by molar-refractivity contribution is 6.32. The predicted octanol–water partition coefficient (Wildman–Crippen LogP) is 9.00. The summed E-state index contributed by atoms with van der Waals surface area (Å²) in [6, 6.07) is 20.0. The molecule has 11 nitrogen and oxygen atoms in total. The van der Waals surface area contributed by atoms with Crippen molar-refractivity contribution in [3.8, 4) is 11.5 Å². The largest absolute Gasteiger partial charge is 0.573 e. The molecule has 4 amide bonds. The topological polar surface area (TPSA) is 132 Å². The number of halogens is 5. The Bertz CT molecular complexity index is 2440. The van der Waals surface area contributed by atoms with Gasteiger partial charge in [0.1, 0.15) is 17.3 Å². The lowest BCUT2D eigenvalue weighted by molar-refractivity contribution is -0.274. The van der Waals surface area contributed by atoms with Crippen LogP contribution in [0, 0.1) is 34.9 Å². The Hall–Kier alpha value is -6.09. The van der Waals surface area contributed by atoms with Gasteiger partial charge in [-0.15, -0.1) is 13.2 Å². The first-order valence-electron chi connectivity index (χ1n) is 18.3. The van der Waals surface area contributed by atoms with Crippen molar-refractivity contribution in [1.29, 1.82) is 0 Å². The van der Waals surface area contributed by atoms with Crippen molar-refractivity contribution in [3.63, 3.8) is 0 Å². The van der Waals surface area contributed by atoms with Gasteiger partial charge in [0, 0.05) is 31.3 Å². The van der Waals surface area contributed by atoms with Crippen molar-refractivity contribution >= 4 is 63.7 Å². The Kier molecular flexibility index (Phi) is 9.41. The highest BCUT2D eigenvalue weighted by Gasteiger charge is 2.68. The fourth-order valence-electron chi connectivity index (χ4n) is 9.05. The number of carbonyl (C=O) groups is 4. The number of carbonyl (C=O) groups excluding carboxylic acids is 4. The molecule has 0 radical (unpaired) electrons. The lowest BCUT2D eigenvalue weighted by atomic mass is 9.51. The predicted molar refractivity (Wildman–Crippen MR) is 205 cm³/mol. The van der Waals surface area contributed by atoms with Crippen LogP contribution in [0.15, 0.2) is 107 Å². The minimum Gasteiger partial charge on any atom is -0.508 e. The first-order chi connectivity index (χ1) is 27.5. The average molecular weight is 816 g/mol. The number of phenols is 1. The lowest BCUT2D eigenvalue weighted by Gasteiger charge is -2.49. The number of phenolic OH excluding ortho intramolecular Hbond substituents is 1. The van der Waals surface area contributed by atoms with E-state index in [4.69, 9.17) is 11.6 Å². The molecule has 1 N–H and O–H groups in total. The minimum atomic E-state index is -5.09. The molecular formula is C42H34ClF4N5O6. The molecular weight excluding hydrogens is 782 g/mol. The fourth-order valence-corrected chi connectivity index (χ4v) is 9.22. The number of nitrogens with zero attached hydrogens (tertiary/aromatic N) is 5. The summed E-state index contributed by atoms with van der Waals surface area (Å²) in [4.78, 5) is 61.5. The third kappa shape index (κ3) is 6.37. The van der Waals surface area contributed by atoms with Gasteiger partial charge in [0.2, 0.25) is 23.6 Å². The first-order valence-corrected chi connectivity index (χ1v) is 18.6. The van der Waals surface area contributed by atoms with Crippen LogP contribution in [0.25, 0.3) is 0 Å². The van der Waals surface area contributed by atoms with Gasteiger partial charge in [-0.05, 0) is 111 Å². The highest BCUT2D eigenvalue weighted by Crippen LogP contribution is 2.65. The molecule has 4 aromatic carbocycles. The molecule has 0 unspecified atom stereocenters. The van der Waals surface area contributed by atoms with Gasteiger partial charge in [0.05, 0.1) is 50.9 Å². The molecule has 4 aromatic rings. The van der Waals surface area contributed by atoms with Crippen LogP contribution in [0.4, 0.5) is 46.0 Å². The summed E-state index contributed by atoms with van der Waals surface area (Å²) >= 11 is 6.05. The smallest absolute Gasteiger partial charge is 0.508 e. The van der Waals surface area contributed by atoms with Crippen LogP contribution in [0.5, 0.6) is 11.5 Å². The number of azo groups is 1. The van der Waals surface area contributed by atoms with Gasteiger partial charge in [0.25, 0.3) is 0 Å². The van der Waals surface area contributed by atoms with E-state index in [1.807, 2.05) is 43.3 Å². The van der Waals surface area contributed by atoms with E-state index in [1.165, 1.54) is 13.0 Å². The Morgan fingerprint density at radius 3 is 2.09 bits per heavy atom. The average Bonchev–Trinajstić information content (AvgIpc) is 3.55. The van der Waals surface area contributed by atoms with Gasteiger partial charge in [0.15, 0.2) is 0 Å². The standard InChI is InChI=1S/C42H34ClF4N5O6/c1-41-31(38(55)52(40(41)57)25-12-16-33(44)32(43)18-25)20-29-27(36(41)30-19-26(13-17-34(30)53)58-42(45,46)47)14-15-28-35(29)39(56)51(37(28)54)24-10-6-22(7-11-24)49-48-21-4-8-23(9-5-21)50(2)3/h4-14,16-19,28-29,31,35-36,53H,15,20H2,1-3H3/t28-,29+,31-,35-,36+,41+/m0/s1. The number of fused-ring (bicyclic) bond motifs is 4. The van der Waals surface area contributed by atoms with E-state index in [1.54, 1.807) is 30.3 Å². The number of hydrogen-bond acceptors (Lipinski definition) is 9. The van der Waals surface area contributed by atoms with E-state index < -0.39 is 82.3 Å². The second-order valence-corrected chi connectivity index (χ2v) is 15.6. The van der Waals surface area contributed by atoms with Gasteiger partial charge in [-0.25, -0.2) is 9.29 Å². The van der Waals surface area contributed by atoms with Crippen LogP contribution < -0.4 is 19.4 Å². The molecule has 2 heterocycles. The molecule has 0 bridgehead atoms. The number of rotatable bonds is 7. The van der Waals surface area contributed by atoms with E-state index in [2.05, 4.69) is 15.0 Å². The van der Waals surface area contributed by atoms with Gasteiger partial charge in [-0.1, -0.05) is 23.3 Å². The third-order valence-electron chi connectivity index (χ3n) is 11.7. The van der Waals surface area contributed by atoms with Crippen molar-refractivity contribution in [2.24, 2.45) is 39.3 Å². The maximum absolute atomic E-state index is 14.6. The van der Waals surface area contributed by atoms with Crippen LogP contribution in [-0.4, -0.2) is 49.2 Å². The van der Waals surface area contributed by atoms with E-state index in [9.17, 15) is 41.8 Å². The number of amides is 4. The van der Waals surface area contributed by atoms with Gasteiger partial charge < -0.3 is 14.7 Å². The minimum absolute atomic E-state index is 0.0344. The summed E-state index contributed by atoms with van der Waals surface area (Å²) in [5.41, 5.74) is 0.856. The number of benzene rings is 4. The Morgan fingerprint density at radius 1 is 0.828 bits per heavy atom. The van der Waals surface area contributed by atoms with Crippen LogP contribution in [0.2, 0.25) is 5.02 Å². The quantitative estimate of drug-likeness (QED) is 0.0853. The summed E-state index contributed by atoms with van der Waals surface area (Å²) in [6.45, 7) is 1.49. The maximum atomic E-state index is 14.6. The van der Waals surface area contributed by atoms with Crippen molar-refractivity contribution in [2.75, 3.05) is 28.8 Å². The molecule has 0 spiro atoms. The van der Waals surface area contributed by atoms with Gasteiger partial charge in [-0.2, -0.15) is 10.2 Å². The lowest BCUT2D eigenvalue weighted by Crippen LogP contribution is -2.49. The summed E-state index contributed by atoms with van der Waals surface area (Å²) in [5.74, 6) is -9.65. The number of ether oxygens (including phenoxy) is 1. The van der Waals surface area contributed by atoms with Crippen molar-refractivity contribution in [1.82, 2.24) is 0 Å². The molecule has 4 aliphatic rings. The number of imide groups is 2. The van der Waals surface area contributed by atoms with Crippen LogP contribution in [0.3, 0.4) is 0 Å². The number of aromatic hydroxyl groups is 1. The molecule has 8 rings (SSSR count). The molecule has 2 aliphatic heterocycles. The number of hydrogen-bond donors (Lipinski definition) is 1. The van der Waals surface area contributed by atoms with Crippen molar-refractivity contribution < 1.29 is 46.6 Å². The van der Waals surface area contributed by atoms with Gasteiger partial charge in [-0.3, -0.25) is 24.1 Å². The van der Waals surface area contributed by atoms with Crippen molar-refractivity contribution in [2.45, 2.75) is 32.0 Å². The second-order valence-electron chi connectivity index (χ2n) is 15.2. The number of anilines is 3. The molecule has 16 heteroatoms. The highest BCUT2D eigenvalue weighted by atomic mass is 35.5. The monoisotopic (exact) mass is 815 g/mol. The normalized spacial score (nSPS) is 25.5. The molecule has 1 saturated carbocycles. The Morgan fingerprint density at radius 2 is 1.47 bits per heavy atom. The fraction of sp³-hybridized carbons (Fsp3) is 0.286. The molecule has 298 valence electrons. The second kappa shape index (κ2) is 14.1. The summed E-state index contributed by atoms with van der Waals surface area (Å²) in [5, 5.41) is 19.4. The maximum Gasteiger partial charge on any atom is 0.573 e. The zero-order valence-corrected chi connectivity index (χ0v) is 31.8. The summed E-state index contributed by atoms with van der Waals surface area (Å²) in [7, 11) is 3.84. The zero-order valence-electron chi connectivity index (χ0n) is 31.1.